The normalized spacial score (nSPS) is 28.3. The summed E-state index contributed by atoms with van der Waals surface area (Å²) in [6, 6.07) is 3.69. The van der Waals surface area contributed by atoms with Crippen molar-refractivity contribution in [3.8, 4) is 0 Å². The van der Waals surface area contributed by atoms with Crippen LogP contribution in [0, 0.1) is 0 Å². The van der Waals surface area contributed by atoms with Crippen molar-refractivity contribution in [3.05, 3.63) is 23.7 Å². The Balaban J connectivity index is 1.71. The second-order valence-corrected chi connectivity index (χ2v) is 5.28. The average molecular weight is 265 g/mol. The van der Waals surface area contributed by atoms with Crippen LogP contribution in [-0.4, -0.2) is 43.3 Å². The summed E-state index contributed by atoms with van der Waals surface area (Å²) in [6.07, 6.45) is 3.02. The third-order valence-corrected chi connectivity index (χ3v) is 4.04. The number of likely N-dealkylation sites (tertiary alicyclic amines) is 1. The van der Waals surface area contributed by atoms with Crippen LogP contribution in [0.5, 0.6) is 0 Å². The molecule has 0 aliphatic carbocycles. The number of nitrogens with zero attached hydrogens (tertiary/aromatic N) is 1. The fourth-order valence-electron chi connectivity index (χ4n) is 2.93. The second kappa shape index (κ2) is 4.98. The minimum Gasteiger partial charge on any atom is -0.463 e. The quantitative estimate of drug-likeness (QED) is 0.782. The van der Waals surface area contributed by atoms with Crippen LogP contribution in [0.2, 0.25) is 0 Å². The van der Waals surface area contributed by atoms with E-state index in [0.29, 0.717) is 12.2 Å². The Morgan fingerprint density at radius 1 is 1.37 bits per heavy atom. The molecule has 1 aromatic heterocycles. The van der Waals surface area contributed by atoms with Gasteiger partial charge in [0.2, 0.25) is 5.76 Å². The van der Waals surface area contributed by atoms with E-state index in [2.05, 4.69) is 16.6 Å². The first-order valence-corrected chi connectivity index (χ1v) is 6.75. The molecule has 1 aromatic rings. The van der Waals surface area contributed by atoms with Gasteiger partial charge in [0.25, 0.3) is 0 Å². The maximum Gasteiger partial charge on any atom is 0.373 e. The molecule has 0 aromatic carbocycles. The van der Waals surface area contributed by atoms with Crippen molar-refractivity contribution in [3.63, 3.8) is 0 Å². The first-order chi connectivity index (χ1) is 9.17. The molecule has 3 heterocycles. The van der Waals surface area contributed by atoms with Crippen LogP contribution >= 0.6 is 0 Å². The highest BCUT2D eigenvalue weighted by atomic mass is 16.5. The maximum atomic E-state index is 11.4. The monoisotopic (exact) mass is 265 g/mol. The molecule has 2 fully saturated rings. The van der Waals surface area contributed by atoms with Crippen molar-refractivity contribution in [1.82, 2.24) is 4.90 Å². The molecule has 0 amide bonds. The number of furan rings is 1. The number of methoxy groups -OCH3 is 1. The lowest BCUT2D eigenvalue weighted by atomic mass is 10.2. The fraction of sp³-hybridized carbons (Fsp3) is 0.643. The Morgan fingerprint density at radius 2 is 2.05 bits per heavy atom. The van der Waals surface area contributed by atoms with E-state index in [1.165, 1.54) is 7.11 Å². The molecular weight excluding hydrogens is 246 g/mol. The first-order valence-electron chi connectivity index (χ1n) is 6.75. The van der Waals surface area contributed by atoms with Crippen LogP contribution in [0.15, 0.2) is 16.5 Å². The van der Waals surface area contributed by atoms with Gasteiger partial charge in [-0.25, -0.2) is 4.79 Å². The maximum absolute atomic E-state index is 11.4. The lowest BCUT2D eigenvalue weighted by Crippen LogP contribution is -2.43. The van der Waals surface area contributed by atoms with E-state index < -0.39 is 5.97 Å². The molecule has 5 heteroatoms. The van der Waals surface area contributed by atoms with Gasteiger partial charge in [0.05, 0.1) is 25.4 Å². The third-order valence-electron chi connectivity index (χ3n) is 4.04. The largest absolute Gasteiger partial charge is 0.463 e. The number of carbonyl (C=O) groups is 1. The zero-order chi connectivity index (χ0) is 13.4. The van der Waals surface area contributed by atoms with E-state index in [1.807, 2.05) is 6.07 Å². The van der Waals surface area contributed by atoms with Gasteiger partial charge in [-0.05, 0) is 31.9 Å². The van der Waals surface area contributed by atoms with Crippen LogP contribution in [0.3, 0.4) is 0 Å². The molecule has 0 radical (unpaired) electrons. The van der Waals surface area contributed by atoms with Gasteiger partial charge < -0.3 is 13.9 Å². The fourth-order valence-corrected chi connectivity index (χ4v) is 2.93. The Hall–Kier alpha value is -1.33. The molecule has 3 atom stereocenters. The Labute approximate surface area is 112 Å². The zero-order valence-electron chi connectivity index (χ0n) is 11.3. The number of carbonyl (C=O) groups excluding carboxylic acids is 1. The Morgan fingerprint density at radius 3 is 2.68 bits per heavy atom. The van der Waals surface area contributed by atoms with E-state index in [0.717, 1.165) is 31.7 Å². The van der Waals surface area contributed by atoms with Gasteiger partial charge in [0.15, 0.2) is 0 Å². The number of morpholine rings is 1. The number of hydrogen-bond acceptors (Lipinski definition) is 5. The molecule has 2 saturated heterocycles. The lowest BCUT2D eigenvalue weighted by Gasteiger charge is -2.35. The molecular formula is C14H19NO4. The average Bonchev–Trinajstić information content (AvgIpc) is 3.04. The van der Waals surface area contributed by atoms with Crippen LogP contribution in [0.25, 0.3) is 0 Å². The molecule has 2 aliphatic rings. The van der Waals surface area contributed by atoms with Gasteiger partial charge in [-0.2, -0.15) is 0 Å². The van der Waals surface area contributed by atoms with Crippen LogP contribution in [0.1, 0.15) is 42.1 Å². The molecule has 0 spiro atoms. The zero-order valence-corrected chi connectivity index (χ0v) is 11.3. The van der Waals surface area contributed by atoms with Crippen LogP contribution < -0.4 is 0 Å². The summed E-state index contributed by atoms with van der Waals surface area (Å²) in [5, 5.41) is 0. The van der Waals surface area contributed by atoms with Crippen molar-refractivity contribution in [2.24, 2.45) is 0 Å². The van der Waals surface area contributed by atoms with Crippen molar-refractivity contribution in [1.29, 1.82) is 0 Å². The lowest BCUT2D eigenvalue weighted by molar-refractivity contribution is -0.0534. The van der Waals surface area contributed by atoms with Gasteiger partial charge in [0.1, 0.15) is 5.76 Å². The highest BCUT2D eigenvalue weighted by Crippen LogP contribution is 2.32. The van der Waals surface area contributed by atoms with Gasteiger partial charge in [-0.3, -0.25) is 4.90 Å². The number of ether oxygens (including phenoxy) is 2. The summed E-state index contributed by atoms with van der Waals surface area (Å²) in [5.41, 5.74) is 0. The molecule has 19 heavy (non-hydrogen) atoms. The molecule has 104 valence electrons. The van der Waals surface area contributed by atoms with E-state index in [1.54, 1.807) is 6.07 Å². The minimum absolute atomic E-state index is 0.158. The van der Waals surface area contributed by atoms with Gasteiger partial charge in [-0.1, -0.05) is 0 Å². The summed E-state index contributed by atoms with van der Waals surface area (Å²) in [6.45, 7) is 3.97. The van der Waals surface area contributed by atoms with Crippen molar-refractivity contribution >= 4 is 5.97 Å². The second-order valence-electron chi connectivity index (χ2n) is 5.28. The molecule has 5 nitrogen and oxygen atoms in total. The minimum atomic E-state index is -0.430. The van der Waals surface area contributed by atoms with Crippen molar-refractivity contribution < 1.29 is 18.7 Å². The number of hydrogen-bond donors (Lipinski definition) is 0. The van der Waals surface area contributed by atoms with Gasteiger partial charge >= 0.3 is 5.97 Å². The van der Waals surface area contributed by atoms with E-state index in [-0.39, 0.29) is 11.8 Å². The van der Waals surface area contributed by atoms with E-state index in [4.69, 9.17) is 9.15 Å². The predicted molar refractivity (Wildman–Crippen MR) is 67.9 cm³/mol. The van der Waals surface area contributed by atoms with Crippen LogP contribution in [0.4, 0.5) is 0 Å². The summed E-state index contributed by atoms with van der Waals surface area (Å²) < 4.78 is 16.1. The van der Waals surface area contributed by atoms with Gasteiger partial charge in [-0.15, -0.1) is 0 Å². The van der Waals surface area contributed by atoms with E-state index in [9.17, 15) is 4.79 Å². The standard InChI is InChI=1S/C14H19NO4/c1-9(12-5-6-13(19-12)14(16)17-2)15-7-10-3-4-11(8-15)18-10/h5-6,9-11H,3-4,7-8H2,1-2H3. The van der Waals surface area contributed by atoms with Crippen LogP contribution in [-0.2, 0) is 9.47 Å². The predicted octanol–water partition coefficient (Wildman–Crippen LogP) is 1.99. The summed E-state index contributed by atoms with van der Waals surface area (Å²) >= 11 is 0. The highest BCUT2D eigenvalue weighted by molar-refractivity contribution is 5.86. The number of fused-ring (bicyclic) bond motifs is 2. The number of rotatable bonds is 3. The molecule has 3 unspecified atom stereocenters. The highest BCUT2D eigenvalue weighted by Gasteiger charge is 2.36. The Kier molecular flexibility index (Phi) is 3.33. The molecule has 2 bridgehead atoms. The third kappa shape index (κ3) is 2.40. The molecule has 2 aliphatic heterocycles. The Bertz CT molecular complexity index is 458. The van der Waals surface area contributed by atoms with Crippen molar-refractivity contribution in [2.45, 2.75) is 38.0 Å². The summed E-state index contributed by atoms with van der Waals surface area (Å²) in [7, 11) is 1.35. The summed E-state index contributed by atoms with van der Waals surface area (Å²) in [5.74, 6) is 0.641. The molecule has 0 N–H and O–H groups in total. The van der Waals surface area contributed by atoms with Gasteiger partial charge in [0, 0.05) is 13.1 Å². The molecule has 3 rings (SSSR count). The SMILES string of the molecule is COC(=O)c1ccc(C(C)N2CC3CCC(C2)O3)o1. The topological polar surface area (TPSA) is 51.9 Å². The molecule has 0 saturated carbocycles. The number of esters is 1. The van der Waals surface area contributed by atoms with Crippen molar-refractivity contribution in [2.75, 3.05) is 20.2 Å². The smallest absolute Gasteiger partial charge is 0.373 e. The first kappa shape index (κ1) is 12.7. The summed E-state index contributed by atoms with van der Waals surface area (Å²) in [4.78, 5) is 13.8. The van der Waals surface area contributed by atoms with E-state index >= 15 is 0 Å².